The molecule has 2 nitrogen and oxygen atoms in total. The molecule has 0 bridgehead atoms. The van der Waals surface area contributed by atoms with Gasteiger partial charge in [-0.2, -0.15) is 0 Å². The van der Waals surface area contributed by atoms with Crippen LogP contribution in [0.3, 0.4) is 0 Å². The van der Waals surface area contributed by atoms with Crippen LogP contribution in [0.5, 0.6) is 0 Å². The van der Waals surface area contributed by atoms with Crippen LogP contribution >= 0.6 is 0 Å². The second kappa shape index (κ2) is 5.54. The Balaban J connectivity index is 2.32. The molecule has 0 aliphatic heterocycles. The van der Waals surface area contributed by atoms with Gasteiger partial charge in [-0.1, -0.05) is 19.1 Å². The van der Waals surface area contributed by atoms with Gasteiger partial charge < -0.3 is 0 Å². The van der Waals surface area contributed by atoms with Crippen LogP contribution in [0.4, 0.5) is 4.39 Å². The molecule has 1 unspecified atom stereocenters. The van der Waals surface area contributed by atoms with Crippen LogP contribution in [0, 0.1) is 5.82 Å². The number of carbonyl (C=O) groups is 1. The van der Waals surface area contributed by atoms with Gasteiger partial charge in [0.2, 0.25) is 0 Å². The minimum atomic E-state index is -0.384. The summed E-state index contributed by atoms with van der Waals surface area (Å²) in [6.07, 6.45) is 4.01. The van der Waals surface area contributed by atoms with Gasteiger partial charge in [0.25, 0.3) is 0 Å². The van der Waals surface area contributed by atoms with E-state index in [1.54, 1.807) is 24.5 Å². The van der Waals surface area contributed by atoms with Gasteiger partial charge >= 0.3 is 0 Å². The van der Waals surface area contributed by atoms with E-state index in [1.807, 2.05) is 19.1 Å². The Morgan fingerprint density at radius 1 is 1.28 bits per heavy atom. The van der Waals surface area contributed by atoms with E-state index in [9.17, 15) is 9.18 Å². The lowest BCUT2D eigenvalue weighted by atomic mass is 9.89. The molecule has 1 heterocycles. The molecule has 0 aliphatic rings. The Hall–Kier alpha value is -2.03. The fraction of sp³-hybridized carbons (Fsp3) is 0.200. The zero-order valence-electron chi connectivity index (χ0n) is 10.1. The van der Waals surface area contributed by atoms with E-state index in [0.717, 1.165) is 5.56 Å². The first-order valence-corrected chi connectivity index (χ1v) is 5.92. The first kappa shape index (κ1) is 12.4. The topological polar surface area (TPSA) is 30.0 Å². The molecular formula is C15H14FNO. The van der Waals surface area contributed by atoms with Gasteiger partial charge in [-0.05, 0) is 36.2 Å². The Bertz CT molecular complexity index is 539. The predicted octanol–water partition coefficient (Wildman–Crippen LogP) is 3.60. The monoisotopic (exact) mass is 243 g/mol. The molecule has 1 aromatic carbocycles. The molecular weight excluding hydrogens is 229 g/mol. The fourth-order valence-corrected chi connectivity index (χ4v) is 2.01. The summed E-state index contributed by atoms with van der Waals surface area (Å²) in [5.74, 6) is -0.677. The third kappa shape index (κ3) is 2.62. The van der Waals surface area contributed by atoms with Gasteiger partial charge in [0, 0.05) is 23.9 Å². The zero-order chi connectivity index (χ0) is 13.0. The number of rotatable bonds is 4. The Morgan fingerprint density at radius 3 is 2.61 bits per heavy atom. The summed E-state index contributed by atoms with van der Waals surface area (Å²) in [4.78, 5) is 16.3. The third-order valence-corrected chi connectivity index (χ3v) is 2.94. The number of carbonyl (C=O) groups excluding carboxylic acids is 1. The quantitative estimate of drug-likeness (QED) is 0.768. The molecule has 0 amide bonds. The summed E-state index contributed by atoms with van der Waals surface area (Å²) in [5, 5.41) is 0. The highest BCUT2D eigenvalue weighted by Gasteiger charge is 2.20. The van der Waals surface area contributed by atoms with Crippen molar-refractivity contribution in [1.82, 2.24) is 4.98 Å². The summed E-state index contributed by atoms with van der Waals surface area (Å²) in [6.45, 7) is 1.95. The maximum atomic E-state index is 13.1. The first-order chi connectivity index (χ1) is 8.72. The van der Waals surface area contributed by atoms with Crippen molar-refractivity contribution in [3.8, 4) is 0 Å². The van der Waals surface area contributed by atoms with Crippen LogP contribution in [0.25, 0.3) is 0 Å². The van der Waals surface area contributed by atoms with Crippen molar-refractivity contribution in [2.75, 3.05) is 0 Å². The average Bonchev–Trinajstić information content (AvgIpc) is 2.41. The van der Waals surface area contributed by atoms with E-state index >= 15 is 0 Å². The normalized spacial score (nSPS) is 12.1. The van der Waals surface area contributed by atoms with Crippen LogP contribution < -0.4 is 0 Å². The number of ketones is 1. The van der Waals surface area contributed by atoms with E-state index in [-0.39, 0.29) is 17.5 Å². The lowest BCUT2D eigenvalue weighted by Crippen LogP contribution is -2.12. The zero-order valence-corrected chi connectivity index (χ0v) is 10.1. The molecule has 3 heteroatoms. The molecule has 0 spiro atoms. The molecule has 0 N–H and O–H groups in total. The molecule has 92 valence electrons. The van der Waals surface area contributed by atoms with Crippen LogP contribution in [-0.2, 0) is 0 Å². The number of hydrogen-bond donors (Lipinski definition) is 0. The Labute approximate surface area is 105 Å². The lowest BCUT2D eigenvalue weighted by molar-refractivity contribution is 0.0957. The minimum Gasteiger partial charge on any atom is -0.293 e. The predicted molar refractivity (Wildman–Crippen MR) is 68.0 cm³/mol. The number of halogens is 1. The molecule has 18 heavy (non-hydrogen) atoms. The van der Waals surface area contributed by atoms with E-state index in [2.05, 4.69) is 4.98 Å². The second-order valence-corrected chi connectivity index (χ2v) is 4.12. The smallest absolute Gasteiger partial charge is 0.170 e. The average molecular weight is 243 g/mol. The number of pyridine rings is 1. The van der Waals surface area contributed by atoms with Crippen molar-refractivity contribution >= 4 is 5.78 Å². The number of Topliss-reactive ketones (excluding diaryl/α,β-unsaturated/α-hetero) is 1. The van der Waals surface area contributed by atoms with E-state index in [1.165, 1.54) is 12.1 Å². The van der Waals surface area contributed by atoms with Crippen molar-refractivity contribution in [2.24, 2.45) is 0 Å². The highest BCUT2D eigenvalue weighted by atomic mass is 19.1. The fourth-order valence-electron chi connectivity index (χ4n) is 2.01. The summed E-state index contributed by atoms with van der Waals surface area (Å²) in [5.41, 5.74) is 1.33. The highest BCUT2D eigenvalue weighted by Crippen LogP contribution is 2.23. The van der Waals surface area contributed by atoms with Crippen molar-refractivity contribution in [1.29, 1.82) is 0 Å². The van der Waals surface area contributed by atoms with Crippen molar-refractivity contribution in [3.63, 3.8) is 0 Å². The first-order valence-electron chi connectivity index (χ1n) is 5.92. The summed E-state index contributed by atoms with van der Waals surface area (Å²) >= 11 is 0. The van der Waals surface area contributed by atoms with E-state index in [4.69, 9.17) is 0 Å². The molecule has 0 radical (unpaired) electrons. The molecule has 0 aliphatic carbocycles. The van der Waals surface area contributed by atoms with E-state index in [0.29, 0.717) is 12.0 Å². The van der Waals surface area contributed by atoms with Gasteiger partial charge in [-0.25, -0.2) is 4.39 Å². The maximum absolute atomic E-state index is 13.1. The summed E-state index contributed by atoms with van der Waals surface area (Å²) in [7, 11) is 0. The molecule has 2 rings (SSSR count). The molecule has 2 aromatic rings. The standard InChI is InChI=1S/C15H14FNO/c1-2-14(11-6-8-17-9-7-11)15(18)12-4-3-5-13(16)10-12/h3-10,14H,2H2,1H3. The number of hydrogen-bond acceptors (Lipinski definition) is 2. The maximum Gasteiger partial charge on any atom is 0.170 e. The van der Waals surface area contributed by atoms with E-state index < -0.39 is 0 Å². The summed E-state index contributed by atoms with van der Waals surface area (Å²) in [6, 6.07) is 9.48. The second-order valence-electron chi connectivity index (χ2n) is 4.12. The van der Waals surface area contributed by atoms with Crippen LogP contribution in [0.15, 0.2) is 48.8 Å². The minimum absolute atomic E-state index is 0.0526. The van der Waals surface area contributed by atoms with Crippen LogP contribution in [0.2, 0.25) is 0 Å². The molecule has 0 fully saturated rings. The van der Waals surface area contributed by atoms with Crippen molar-refractivity contribution in [2.45, 2.75) is 19.3 Å². The number of benzene rings is 1. The SMILES string of the molecule is CCC(C(=O)c1cccc(F)c1)c1ccncc1. The Morgan fingerprint density at radius 2 is 2.00 bits per heavy atom. The molecule has 1 aromatic heterocycles. The van der Waals surface area contributed by atoms with Gasteiger partial charge in [0.05, 0.1) is 0 Å². The Kier molecular flexibility index (Phi) is 3.82. The van der Waals surface area contributed by atoms with Crippen LogP contribution in [-0.4, -0.2) is 10.8 Å². The van der Waals surface area contributed by atoms with Crippen molar-refractivity contribution in [3.05, 3.63) is 65.7 Å². The summed E-state index contributed by atoms with van der Waals surface area (Å²) < 4.78 is 13.1. The lowest BCUT2D eigenvalue weighted by Gasteiger charge is -2.13. The van der Waals surface area contributed by atoms with Crippen molar-refractivity contribution < 1.29 is 9.18 Å². The highest BCUT2D eigenvalue weighted by molar-refractivity contribution is 6.00. The van der Waals surface area contributed by atoms with Gasteiger partial charge in [-0.15, -0.1) is 0 Å². The van der Waals surface area contributed by atoms with Gasteiger partial charge in [-0.3, -0.25) is 9.78 Å². The third-order valence-electron chi connectivity index (χ3n) is 2.94. The number of nitrogens with zero attached hydrogens (tertiary/aromatic N) is 1. The molecule has 0 saturated carbocycles. The van der Waals surface area contributed by atoms with Gasteiger partial charge in [0.1, 0.15) is 5.82 Å². The van der Waals surface area contributed by atoms with Crippen LogP contribution in [0.1, 0.15) is 35.2 Å². The largest absolute Gasteiger partial charge is 0.293 e. The number of aromatic nitrogens is 1. The molecule has 1 atom stereocenters. The van der Waals surface area contributed by atoms with Gasteiger partial charge in [0.15, 0.2) is 5.78 Å². The molecule has 0 saturated heterocycles.